The van der Waals surface area contributed by atoms with E-state index < -0.39 is 5.97 Å². The Balaban J connectivity index is 2.08. The fraction of sp³-hybridized carbons (Fsp3) is 0.636. The summed E-state index contributed by atoms with van der Waals surface area (Å²) in [7, 11) is 1.98. The molecule has 1 saturated heterocycles. The van der Waals surface area contributed by atoms with Gasteiger partial charge in [-0.3, -0.25) is 0 Å². The standard InChI is InChI=1S/C11H17N3O2S/c1-7-9(10(15)16)13-11(17-7)14-5-3-8(12-2)4-6-14/h8,12H,3-6H2,1-2H3,(H,15,16). The third-order valence-corrected chi connectivity index (χ3v) is 4.19. The molecule has 0 spiro atoms. The average Bonchev–Trinajstić information content (AvgIpc) is 2.71. The molecule has 6 heteroatoms. The molecule has 0 bridgehead atoms. The molecular weight excluding hydrogens is 238 g/mol. The monoisotopic (exact) mass is 255 g/mol. The summed E-state index contributed by atoms with van der Waals surface area (Å²) in [5.74, 6) is -0.935. The molecule has 1 aliphatic heterocycles. The van der Waals surface area contributed by atoms with Crippen molar-refractivity contribution < 1.29 is 9.90 Å². The predicted molar refractivity (Wildman–Crippen MR) is 68.1 cm³/mol. The van der Waals surface area contributed by atoms with Crippen molar-refractivity contribution in [2.24, 2.45) is 0 Å². The van der Waals surface area contributed by atoms with Crippen LogP contribution in [-0.4, -0.2) is 42.2 Å². The Labute approximate surface area is 104 Å². The van der Waals surface area contributed by atoms with Crippen molar-refractivity contribution in [1.29, 1.82) is 0 Å². The van der Waals surface area contributed by atoms with Gasteiger partial charge in [0.2, 0.25) is 0 Å². The Morgan fingerprint density at radius 1 is 1.53 bits per heavy atom. The van der Waals surface area contributed by atoms with E-state index in [0.717, 1.165) is 35.9 Å². The second kappa shape index (κ2) is 5.01. The van der Waals surface area contributed by atoms with E-state index in [1.54, 1.807) is 0 Å². The van der Waals surface area contributed by atoms with Gasteiger partial charge in [-0.1, -0.05) is 0 Å². The third-order valence-electron chi connectivity index (χ3n) is 3.16. The van der Waals surface area contributed by atoms with E-state index in [-0.39, 0.29) is 5.69 Å². The summed E-state index contributed by atoms with van der Waals surface area (Å²) in [4.78, 5) is 18.1. The maximum atomic E-state index is 10.9. The van der Waals surface area contributed by atoms with Gasteiger partial charge in [0.25, 0.3) is 0 Å². The summed E-state index contributed by atoms with van der Waals surface area (Å²) in [6.07, 6.45) is 2.16. The second-order valence-electron chi connectivity index (χ2n) is 4.26. The molecule has 2 N–H and O–H groups in total. The lowest BCUT2D eigenvalue weighted by atomic mass is 10.1. The highest BCUT2D eigenvalue weighted by Gasteiger charge is 2.22. The highest BCUT2D eigenvalue weighted by Crippen LogP contribution is 2.27. The van der Waals surface area contributed by atoms with Crippen LogP contribution in [0.2, 0.25) is 0 Å². The molecular formula is C11H17N3O2S. The topological polar surface area (TPSA) is 65.5 Å². The Morgan fingerprint density at radius 3 is 2.65 bits per heavy atom. The van der Waals surface area contributed by atoms with Gasteiger partial charge in [-0.05, 0) is 26.8 Å². The molecule has 0 amide bonds. The van der Waals surface area contributed by atoms with Gasteiger partial charge < -0.3 is 15.3 Å². The predicted octanol–water partition coefficient (Wildman–Crippen LogP) is 1.34. The number of rotatable bonds is 3. The first kappa shape index (κ1) is 12.3. The Kier molecular flexibility index (Phi) is 3.63. The number of nitrogens with one attached hydrogen (secondary N) is 1. The number of anilines is 1. The summed E-state index contributed by atoms with van der Waals surface area (Å²) >= 11 is 1.47. The fourth-order valence-corrected chi connectivity index (χ4v) is 3.03. The van der Waals surface area contributed by atoms with Gasteiger partial charge in [0.15, 0.2) is 10.8 Å². The highest BCUT2D eigenvalue weighted by atomic mass is 32.1. The van der Waals surface area contributed by atoms with Crippen LogP contribution in [-0.2, 0) is 0 Å². The molecule has 0 saturated carbocycles. The van der Waals surface area contributed by atoms with E-state index in [0.29, 0.717) is 6.04 Å². The van der Waals surface area contributed by atoms with Crippen molar-refractivity contribution >= 4 is 22.4 Å². The van der Waals surface area contributed by atoms with Crippen molar-refractivity contribution in [2.45, 2.75) is 25.8 Å². The summed E-state index contributed by atoms with van der Waals surface area (Å²) in [6, 6.07) is 0.575. The molecule has 0 aromatic carbocycles. The van der Waals surface area contributed by atoms with E-state index in [1.165, 1.54) is 11.3 Å². The maximum Gasteiger partial charge on any atom is 0.355 e. The highest BCUT2D eigenvalue weighted by molar-refractivity contribution is 7.15. The van der Waals surface area contributed by atoms with Gasteiger partial charge in [-0.25, -0.2) is 9.78 Å². The molecule has 1 fully saturated rings. The number of aromatic carboxylic acids is 1. The third kappa shape index (κ3) is 2.58. The summed E-state index contributed by atoms with van der Waals surface area (Å²) in [6.45, 7) is 3.69. The van der Waals surface area contributed by atoms with Crippen molar-refractivity contribution in [3.8, 4) is 0 Å². The van der Waals surface area contributed by atoms with Gasteiger partial charge in [0.1, 0.15) is 0 Å². The van der Waals surface area contributed by atoms with Crippen LogP contribution in [0, 0.1) is 6.92 Å². The summed E-state index contributed by atoms with van der Waals surface area (Å²) in [5, 5.41) is 13.1. The van der Waals surface area contributed by atoms with Gasteiger partial charge in [0.05, 0.1) is 0 Å². The first-order valence-electron chi connectivity index (χ1n) is 5.74. The number of carbonyl (C=O) groups is 1. The Hall–Kier alpha value is -1.14. The average molecular weight is 255 g/mol. The number of carboxylic acids is 1. The quantitative estimate of drug-likeness (QED) is 0.853. The number of hydrogen-bond donors (Lipinski definition) is 2. The van der Waals surface area contributed by atoms with Gasteiger partial charge >= 0.3 is 5.97 Å². The minimum absolute atomic E-state index is 0.195. The molecule has 1 aromatic rings. The van der Waals surface area contributed by atoms with E-state index in [4.69, 9.17) is 5.11 Å². The lowest BCUT2D eigenvalue weighted by Crippen LogP contribution is -2.41. The van der Waals surface area contributed by atoms with Gasteiger partial charge in [-0.15, -0.1) is 11.3 Å². The van der Waals surface area contributed by atoms with Crippen molar-refractivity contribution in [1.82, 2.24) is 10.3 Å². The Morgan fingerprint density at radius 2 is 2.18 bits per heavy atom. The van der Waals surface area contributed by atoms with Crippen LogP contribution in [0.15, 0.2) is 0 Å². The number of thiazole rings is 1. The number of aromatic nitrogens is 1. The Bertz CT molecular complexity index is 411. The molecule has 0 unspecified atom stereocenters. The van der Waals surface area contributed by atoms with E-state index in [1.807, 2.05) is 14.0 Å². The summed E-state index contributed by atoms with van der Waals surface area (Å²) < 4.78 is 0. The lowest BCUT2D eigenvalue weighted by Gasteiger charge is -2.31. The molecule has 1 aliphatic rings. The zero-order valence-corrected chi connectivity index (χ0v) is 10.9. The minimum Gasteiger partial charge on any atom is -0.476 e. The number of piperidine rings is 1. The molecule has 0 radical (unpaired) electrons. The molecule has 5 nitrogen and oxygen atoms in total. The molecule has 2 heterocycles. The van der Waals surface area contributed by atoms with Crippen molar-refractivity contribution in [3.63, 3.8) is 0 Å². The molecule has 0 aliphatic carbocycles. The van der Waals surface area contributed by atoms with Crippen LogP contribution in [0.1, 0.15) is 28.2 Å². The first-order chi connectivity index (χ1) is 8.11. The SMILES string of the molecule is CNC1CCN(c2nc(C(=O)O)c(C)s2)CC1. The number of hydrogen-bond acceptors (Lipinski definition) is 5. The minimum atomic E-state index is -0.935. The van der Waals surface area contributed by atoms with E-state index in [9.17, 15) is 4.79 Å². The van der Waals surface area contributed by atoms with E-state index >= 15 is 0 Å². The van der Waals surface area contributed by atoms with Crippen LogP contribution in [0.3, 0.4) is 0 Å². The van der Waals surface area contributed by atoms with Crippen LogP contribution < -0.4 is 10.2 Å². The van der Waals surface area contributed by atoms with Gasteiger partial charge in [-0.2, -0.15) is 0 Å². The second-order valence-corrected chi connectivity index (χ2v) is 5.44. The smallest absolute Gasteiger partial charge is 0.355 e. The van der Waals surface area contributed by atoms with Crippen LogP contribution in [0.25, 0.3) is 0 Å². The maximum absolute atomic E-state index is 10.9. The zero-order valence-electron chi connectivity index (χ0n) is 10.1. The van der Waals surface area contributed by atoms with Crippen LogP contribution in [0.4, 0.5) is 5.13 Å². The fourth-order valence-electron chi connectivity index (χ4n) is 2.08. The van der Waals surface area contributed by atoms with Crippen LogP contribution >= 0.6 is 11.3 Å². The lowest BCUT2D eigenvalue weighted by molar-refractivity contribution is 0.0690. The number of aryl methyl sites for hydroxylation is 1. The largest absolute Gasteiger partial charge is 0.476 e. The van der Waals surface area contributed by atoms with E-state index in [2.05, 4.69) is 15.2 Å². The van der Waals surface area contributed by atoms with Crippen molar-refractivity contribution in [2.75, 3.05) is 25.0 Å². The number of nitrogens with zero attached hydrogens (tertiary/aromatic N) is 2. The molecule has 17 heavy (non-hydrogen) atoms. The first-order valence-corrected chi connectivity index (χ1v) is 6.56. The number of carboxylic acid groups (broad SMARTS) is 1. The molecule has 2 rings (SSSR count). The molecule has 94 valence electrons. The zero-order chi connectivity index (χ0) is 12.4. The van der Waals surface area contributed by atoms with Crippen molar-refractivity contribution in [3.05, 3.63) is 10.6 Å². The molecule has 0 atom stereocenters. The normalized spacial score (nSPS) is 17.4. The van der Waals surface area contributed by atoms with Crippen LogP contribution in [0.5, 0.6) is 0 Å². The van der Waals surface area contributed by atoms with Gasteiger partial charge in [0, 0.05) is 24.0 Å². The summed E-state index contributed by atoms with van der Waals surface area (Å²) in [5.41, 5.74) is 0.195. The molecule has 1 aromatic heterocycles.